The lowest BCUT2D eigenvalue weighted by Crippen LogP contribution is -1.98. The summed E-state index contributed by atoms with van der Waals surface area (Å²) in [5, 5.41) is 0. The SMILES string of the molecule is O=C=NCC1=CC=C(CN=C=O)CC1. The van der Waals surface area contributed by atoms with Crippen LogP contribution in [0.3, 0.4) is 0 Å². The molecule has 0 aromatic carbocycles. The molecule has 0 amide bonds. The van der Waals surface area contributed by atoms with Crippen molar-refractivity contribution in [2.24, 2.45) is 9.98 Å². The smallest absolute Gasteiger partial charge is 0.211 e. The number of isocyanates is 2. The number of nitrogens with zero attached hydrogens (tertiary/aromatic N) is 2. The number of hydrogen-bond acceptors (Lipinski definition) is 4. The molecule has 0 N–H and O–H groups in total. The van der Waals surface area contributed by atoms with Crippen molar-refractivity contribution in [3.8, 4) is 0 Å². The molecule has 4 heteroatoms. The second-order valence-electron chi connectivity index (χ2n) is 2.96. The van der Waals surface area contributed by atoms with Gasteiger partial charge in [-0.1, -0.05) is 12.2 Å². The first-order valence-corrected chi connectivity index (χ1v) is 4.31. The molecule has 14 heavy (non-hydrogen) atoms. The number of carbonyl (C=O) groups excluding carboxylic acids is 2. The zero-order chi connectivity index (χ0) is 10.2. The molecule has 0 spiro atoms. The van der Waals surface area contributed by atoms with Crippen LogP contribution in [0.25, 0.3) is 0 Å². The maximum atomic E-state index is 9.86. The van der Waals surface area contributed by atoms with Gasteiger partial charge in [-0.2, -0.15) is 0 Å². The fourth-order valence-corrected chi connectivity index (χ4v) is 1.25. The molecule has 72 valence electrons. The van der Waals surface area contributed by atoms with Gasteiger partial charge in [0.25, 0.3) is 0 Å². The maximum Gasteiger partial charge on any atom is 0.235 e. The summed E-state index contributed by atoms with van der Waals surface area (Å²) in [6.07, 6.45) is 8.57. The molecule has 1 rings (SSSR count). The second kappa shape index (κ2) is 5.81. The molecule has 0 aromatic rings. The van der Waals surface area contributed by atoms with Crippen molar-refractivity contribution in [1.82, 2.24) is 0 Å². The van der Waals surface area contributed by atoms with Gasteiger partial charge in [-0.25, -0.2) is 19.6 Å². The van der Waals surface area contributed by atoms with Gasteiger partial charge in [0.2, 0.25) is 12.2 Å². The maximum absolute atomic E-state index is 9.86. The number of hydrogen-bond donors (Lipinski definition) is 0. The van der Waals surface area contributed by atoms with Crippen LogP contribution in [-0.4, -0.2) is 25.2 Å². The predicted octanol–water partition coefficient (Wildman–Crippen LogP) is 1.30. The summed E-state index contributed by atoms with van der Waals surface area (Å²) >= 11 is 0. The Morgan fingerprint density at radius 1 is 1.00 bits per heavy atom. The molecular weight excluding hydrogens is 180 g/mol. The van der Waals surface area contributed by atoms with Crippen molar-refractivity contribution in [2.75, 3.05) is 13.1 Å². The molecule has 0 aromatic heterocycles. The third kappa shape index (κ3) is 3.31. The van der Waals surface area contributed by atoms with Gasteiger partial charge in [0.1, 0.15) is 0 Å². The fourth-order valence-electron chi connectivity index (χ4n) is 1.25. The van der Waals surface area contributed by atoms with Gasteiger partial charge < -0.3 is 0 Å². The van der Waals surface area contributed by atoms with E-state index < -0.39 is 0 Å². The highest BCUT2D eigenvalue weighted by Gasteiger charge is 2.05. The van der Waals surface area contributed by atoms with Gasteiger partial charge in [-0.15, -0.1) is 0 Å². The quantitative estimate of drug-likeness (QED) is 0.495. The molecule has 1 aliphatic rings. The van der Waals surface area contributed by atoms with Crippen molar-refractivity contribution in [1.29, 1.82) is 0 Å². The van der Waals surface area contributed by atoms with E-state index in [1.807, 2.05) is 12.2 Å². The molecule has 4 nitrogen and oxygen atoms in total. The van der Waals surface area contributed by atoms with Crippen LogP contribution < -0.4 is 0 Å². The molecule has 0 fully saturated rings. The van der Waals surface area contributed by atoms with Crippen LogP contribution in [0.5, 0.6) is 0 Å². The van der Waals surface area contributed by atoms with Crippen LogP contribution in [0.4, 0.5) is 0 Å². The monoisotopic (exact) mass is 190 g/mol. The topological polar surface area (TPSA) is 58.9 Å². The summed E-state index contributed by atoms with van der Waals surface area (Å²) < 4.78 is 0. The Balaban J connectivity index is 2.54. The minimum absolute atomic E-state index is 0.421. The van der Waals surface area contributed by atoms with Crippen LogP contribution in [0.1, 0.15) is 12.8 Å². The van der Waals surface area contributed by atoms with E-state index in [0.29, 0.717) is 13.1 Å². The molecule has 0 bridgehead atoms. The first kappa shape index (κ1) is 10.3. The Morgan fingerprint density at radius 3 is 1.71 bits per heavy atom. The Hall–Kier alpha value is -1.76. The molecule has 0 saturated heterocycles. The van der Waals surface area contributed by atoms with E-state index in [9.17, 15) is 9.59 Å². The highest BCUT2D eigenvalue weighted by Crippen LogP contribution is 2.18. The second-order valence-corrected chi connectivity index (χ2v) is 2.96. The first-order valence-electron chi connectivity index (χ1n) is 4.31. The Bertz CT molecular complexity index is 320. The van der Waals surface area contributed by atoms with Crippen molar-refractivity contribution in [3.63, 3.8) is 0 Å². The van der Waals surface area contributed by atoms with E-state index >= 15 is 0 Å². The van der Waals surface area contributed by atoms with Crippen molar-refractivity contribution in [2.45, 2.75) is 12.8 Å². The molecule has 0 unspecified atom stereocenters. The lowest BCUT2D eigenvalue weighted by molar-refractivity contribution is 0.562. The van der Waals surface area contributed by atoms with Gasteiger partial charge in [0.15, 0.2) is 0 Å². The highest BCUT2D eigenvalue weighted by molar-refractivity contribution is 5.36. The Kier molecular flexibility index (Phi) is 4.29. The lowest BCUT2D eigenvalue weighted by atomic mass is 9.98. The molecule has 0 radical (unpaired) electrons. The Labute approximate surface area is 81.8 Å². The van der Waals surface area contributed by atoms with E-state index in [2.05, 4.69) is 9.98 Å². The van der Waals surface area contributed by atoms with E-state index in [1.165, 1.54) is 12.2 Å². The molecule has 0 heterocycles. The minimum atomic E-state index is 0.421. The number of allylic oxidation sites excluding steroid dienone is 2. The standard InChI is InChI=1S/C10H10N2O2/c13-7-11-5-9-1-2-10(4-3-9)6-12-8-14/h1-2H,3-6H2. The van der Waals surface area contributed by atoms with E-state index in [0.717, 1.165) is 24.0 Å². The average molecular weight is 190 g/mol. The largest absolute Gasteiger partial charge is 0.235 e. The minimum Gasteiger partial charge on any atom is -0.211 e. The van der Waals surface area contributed by atoms with Crippen LogP contribution in [-0.2, 0) is 9.59 Å². The molecule has 0 saturated carbocycles. The lowest BCUT2D eigenvalue weighted by Gasteiger charge is -2.10. The molecule has 1 aliphatic carbocycles. The normalized spacial score (nSPS) is 14.6. The summed E-state index contributed by atoms with van der Waals surface area (Å²) in [6.45, 7) is 0.842. The van der Waals surface area contributed by atoms with Crippen LogP contribution in [0.2, 0.25) is 0 Å². The van der Waals surface area contributed by atoms with Gasteiger partial charge in [-0.05, 0) is 24.0 Å². The van der Waals surface area contributed by atoms with Gasteiger partial charge >= 0.3 is 0 Å². The molecular formula is C10H10N2O2. The van der Waals surface area contributed by atoms with Gasteiger partial charge in [0, 0.05) is 0 Å². The Morgan fingerprint density at radius 2 is 1.43 bits per heavy atom. The van der Waals surface area contributed by atoms with Crippen LogP contribution in [0, 0.1) is 0 Å². The van der Waals surface area contributed by atoms with Crippen molar-refractivity contribution < 1.29 is 9.59 Å². The third-order valence-corrected chi connectivity index (χ3v) is 2.02. The summed E-state index contributed by atoms with van der Waals surface area (Å²) in [5.41, 5.74) is 2.21. The third-order valence-electron chi connectivity index (χ3n) is 2.02. The van der Waals surface area contributed by atoms with Crippen LogP contribution >= 0.6 is 0 Å². The highest BCUT2D eigenvalue weighted by atomic mass is 16.1. The van der Waals surface area contributed by atoms with E-state index in [4.69, 9.17) is 0 Å². The number of aliphatic imine (C=N–C) groups is 2. The molecule has 0 atom stereocenters. The molecule has 0 aliphatic heterocycles. The first-order chi connectivity index (χ1) is 6.86. The van der Waals surface area contributed by atoms with Gasteiger partial charge in [-0.3, -0.25) is 0 Å². The average Bonchev–Trinajstić information content (AvgIpc) is 2.25. The zero-order valence-corrected chi connectivity index (χ0v) is 7.69. The van der Waals surface area contributed by atoms with E-state index in [-0.39, 0.29) is 0 Å². The summed E-state index contributed by atoms with van der Waals surface area (Å²) in [4.78, 5) is 26.7. The van der Waals surface area contributed by atoms with E-state index in [1.54, 1.807) is 0 Å². The van der Waals surface area contributed by atoms with Gasteiger partial charge in [0.05, 0.1) is 13.1 Å². The zero-order valence-electron chi connectivity index (χ0n) is 7.69. The van der Waals surface area contributed by atoms with Crippen molar-refractivity contribution in [3.05, 3.63) is 23.3 Å². The van der Waals surface area contributed by atoms with Crippen LogP contribution in [0.15, 0.2) is 33.3 Å². The summed E-state index contributed by atoms with van der Waals surface area (Å²) in [7, 11) is 0. The summed E-state index contributed by atoms with van der Waals surface area (Å²) in [5.74, 6) is 0. The summed E-state index contributed by atoms with van der Waals surface area (Å²) in [6, 6.07) is 0. The van der Waals surface area contributed by atoms with Crippen molar-refractivity contribution >= 4 is 12.2 Å². The fraction of sp³-hybridized carbons (Fsp3) is 0.400. The predicted molar refractivity (Wildman–Crippen MR) is 51.4 cm³/mol. The number of rotatable bonds is 4.